The van der Waals surface area contributed by atoms with Crippen LogP contribution in [0.1, 0.15) is 24.2 Å². The van der Waals surface area contributed by atoms with Crippen LogP contribution in [0.2, 0.25) is 0 Å². The van der Waals surface area contributed by atoms with E-state index in [1.807, 2.05) is 0 Å². The normalized spacial score (nSPS) is 13.8. The van der Waals surface area contributed by atoms with Crippen molar-refractivity contribution in [2.45, 2.75) is 19.2 Å². The fraction of sp³-hybridized carbons (Fsp3) is 0.455. The minimum Gasteiger partial charge on any atom is -0.372 e. The van der Waals surface area contributed by atoms with Crippen molar-refractivity contribution in [3.05, 3.63) is 35.1 Å². The SMILES string of the molecule is CCOC(CN)c1ccc(F)cc1C(F)(F)F. The molecule has 2 nitrogen and oxygen atoms in total. The maximum absolute atomic E-state index is 12.9. The molecule has 0 saturated carbocycles. The zero-order chi connectivity index (χ0) is 13.1. The number of rotatable bonds is 4. The number of ether oxygens (including phenoxy) is 1. The number of hydrogen-bond acceptors (Lipinski definition) is 2. The smallest absolute Gasteiger partial charge is 0.372 e. The lowest BCUT2D eigenvalue weighted by molar-refractivity contribution is -0.139. The van der Waals surface area contributed by atoms with Gasteiger partial charge in [0.1, 0.15) is 5.82 Å². The molecule has 0 saturated heterocycles. The summed E-state index contributed by atoms with van der Waals surface area (Å²) in [6.07, 6.45) is -5.50. The van der Waals surface area contributed by atoms with Crippen LogP contribution < -0.4 is 5.73 Å². The number of alkyl halides is 3. The third kappa shape index (κ3) is 3.41. The van der Waals surface area contributed by atoms with E-state index in [9.17, 15) is 17.6 Å². The Labute approximate surface area is 96.4 Å². The number of hydrogen-bond donors (Lipinski definition) is 1. The lowest BCUT2D eigenvalue weighted by Gasteiger charge is -2.20. The second-order valence-corrected chi connectivity index (χ2v) is 3.41. The highest BCUT2D eigenvalue weighted by Crippen LogP contribution is 2.35. The van der Waals surface area contributed by atoms with E-state index in [-0.39, 0.29) is 18.7 Å². The molecule has 1 unspecified atom stereocenters. The van der Waals surface area contributed by atoms with Crippen molar-refractivity contribution < 1.29 is 22.3 Å². The van der Waals surface area contributed by atoms with Gasteiger partial charge in [-0.3, -0.25) is 0 Å². The lowest BCUT2D eigenvalue weighted by atomic mass is 10.0. The molecule has 0 aliphatic heterocycles. The van der Waals surface area contributed by atoms with Gasteiger partial charge in [0.2, 0.25) is 0 Å². The molecule has 2 N–H and O–H groups in total. The van der Waals surface area contributed by atoms with Gasteiger partial charge in [0.15, 0.2) is 0 Å². The standard InChI is InChI=1S/C11H13F4NO/c1-2-17-10(6-16)8-4-3-7(12)5-9(8)11(13,14)15/h3-5,10H,2,6,16H2,1H3. The van der Waals surface area contributed by atoms with Crippen molar-refractivity contribution in [2.75, 3.05) is 13.2 Å². The molecule has 1 rings (SSSR count). The molecule has 17 heavy (non-hydrogen) atoms. The van der Waals surface area contributed by atoms with E-state index >= 15 is 0 Å². The maximum Gasteiger partial charge on any atom is 0.416 e. The largest absolute Gasteiger partial charge is 0.416 e. The Hall–Kier alpha value is -1.14. The van der Waals surface area contributed by atoms with Crippen LogP contribution in [-0.2, 0) is 10.9 Å². The molecule has 0 fully saturated rings. The number of halogens is 4. The maximum atomic E-state index is 12.9. The first-order valence-electron chi connectivity index (χ1n) is 5.08. The van der Waals surface area contributed by atoms with Gasteiger partial charge in [0.25, 0.3) is 0 Å². The Bertz CT molecular complexity index is 378. The molecular weight excluding hydrogens is 238 g/mol. The quantitative estimate of drug-likeness (QED) is 0.835. The van der Waals surface area contributed by atoms with Crippen molar-refractivity contribution in [3.63, 3.8) is 0 Å². The van der Waals surface area contributed by atoms with Crippen molar-refractivity contribution in [3.8, 4) is 0 Å². The molecule has 0 spiro atoms. The Morgan fingerprint density at radius 3 is 2.47 bits per heavy atom. The van der Waals surface area contributed by atoms with Crippen LogP contribution in [0.3, 0.4) is 0 Å². The molecule has 0 amide bonds. The second-order valence-electron chi connectivity index (χ2n) is 3.41. The van der Waals surface area contributed by atoms with E-state index in [2.05, 4.69) is 0 Å². The monoisotopic (exact) mass is 251 g/mol. The summed E-state index contributed by atoms with van der Waals surface area (Å²) in [5.41, 5.74) is 4.18. The van der Waals surface area contributed by atoms with Crippen LogP contribution in [0, 0.1) is 5.82 Å². The Morgan fingerprint density at radius 1 is 1.35 bits per heavy atom. The van der Waals surface area contributed by atoms with Crippen molar-refractivity contribution in [1.29, 1.82) is 0 Å². The van der Waals surface area contributed by atoms with Gasteiger partial charge in [0, 0.05) is 13.2 Å². The molecular formula is C11H13F4NO. The van der Waals surface area contributed by atoms with Gasteiger partial charge < -0.3 is 10.5 Å². The summed E-state index contributed by atoms with van der Waals surface area (Å²) in [6.45, 7) is 1.79. The predicted octanol–water partition coefficient (Wildman–Crippen LogP) is 2.88. The molecule has 0 bridgehead atoms. The second kappa shape index (κ2) is 5.46. The summed E-state index contributed by atoms with van der Waals surface area (Å²) in [7, 11) is 0. The van der Waals surface area contributed by atoms with Gasteiger partial charge >= 0.3 is 6.18 Å². The zero-order valence-corrected chi connectivity index (χ0v) is 9.22. The molecule has 1 aromatic rings. The van der Waals surface area contributed by atoms with E-state index in [1.165, 1.54) is 0 Å². The number of nitrogens with two attached hydrogens (primary N) is 1. The Kier molecular flexibility index (Phi) is 4.47. The van der Waals surface area contributed by atoms with Gasteiger partial charge in [-0.25, -0.2) is 4.39 Å². The minimum atomic E-state index is -4.62. The van der Waals surface area contributed by atoms with Gasteiger partial charge in [-0.2, -0.15) is 13.2 Å². The average Bonchev–Trinajstić information content (AvgIpc) is 2.25. The zero-order valence-electron chi connectivity index (χ0n) is 9.22. The Balaban J connectivity index is 3.22. The van der Waals surface area contributed by atoms with Gasteiger partial charge in [-0.15, -0.1) is 0 Å². The predicted molar refractivity (Wildman–Crippen MR) is 54.8 cm³/mol. The molecule has 0 heterocycles. The molecule has 0 aliphatic carbocycles. The van der Waals surface area contributed by atoms with Crippen molar-refractivity contribution >= 4 is 0 Å². The lowest BCUT2D eigenvalue weighted by Crippen LogP contribution is -2.20. The fourth-order valence-electron chi connectivity index (χ4n) is 1.54. The number of benzene rings is 1. The summed E-state index contributed by atoms with van der Waals surface area (Å²) >= 11 is 0. The van der Waals surface area contributed by atoms with Crippen molar-refractivity contribution in [1.82, 2.24) is 0 Å². The molecule has 0 aliphatic rings. The van der Waals surface area contributed by atoms with Crippen LogP contribution in [-0.4, -0.2) is 13.2 Å². The van der Waals surface area contributed by atoms with Gasteiger partial charge in [0.05, 0.1) is 11.7 Å². The Morgan fingerprint density at radius 2 is 2.00 bits per heavy atom. The topological polar surface area (TPSA) is 35.2 Å². The highest BCUT2D eigenvalue weighted by atomic mass is 19.4. The third-order valence-corrected chi connectivity index (χ3v) is 2.25. The van der Waals surface area contributed by atoms with Gasteiger partial charge in [-0.05, 0) is 24.6 Å². The highest BCUT2D eigenvalue weighted by molar-refractivity contribution is 5.32. The molecule has 0 aromatic heterocycles. The molecule has 96 valence electrons. The van der Waals surface area contributed by atoms with E-state index in [4.69, 9.17) is 10.5 Å². The molecule has 1 aromatic carbocycles. The first kappa shape index (κ1) is 13.9. The molecule has 6 heteroatoms. The molecule has 1 atom stereocenters. The van der Waals surface area contributed by atoms with Crippen LogP contribution in [0.15, 0.2) is 18.2 Å². The summed E-state index contributed by atoms with van der Waals surface area (Å²) in [4.78, 5) is 0. The van der Waals surface area contributed by atoms with Crippen LogP contribution in [0.4, 0.5) is 17.6 Å². The highest BCUT2D eigenvalue weighted by Gasteiger charge is 2.35. The third-order valence-electron chi connectivity index (χ3n) is 2.25. The fourth-order valence-corrected chi connectivity index (χ4v) is 1.54. The van der Waals surface area contributed by atoms with Crippen LogP contribution >= 0.6 is 0 Å². The van der Waals surface area contributed by atoms with E-state index < -0.39 is 23.7 Å². The first-order chi connectivity index (χ1) is 7.90. The summed E-state index contributed by atoms with van der Waals surface area (Å²) < 4.78 is 56.1. The van der Waals surface area contributed by atoms with Crippen molar-refractivity contribution in [2.24, 2.45) is 5.73 Å². The first-order valence-corrected chi connectivity index (χ1v) is 5.08. The minimum absolute atomic E-state index is 0.0947. The average molecular weight is 251 g/mol. The summed E-state index contributed by atoms with van der Waals surface area (Å²) in [5.74, 6) is -0.937. The van der Waals surface area contributed by atoms with E-state index in [1.54, 1.807) is 6.92 Å². The van der Waals surface area contributed by atoms with E-state index in [0.29, 0.717) is 6.07 Å². The van der Waals surface area contributed by atoms with Crippen LogP contribution in [0.25, 0.3) is 0 Å². The van der Waals surface area contributed by atoms with Crippen LogP contribution in [0.5, 0.6) is 0 Å². The molecule has 0 radical (unpaired) electrons. The van der Waals surface area contributed by atoms with E-state index in [0.717, 1.165) is 12.1 Å². The van der Waals surface area contributed by atoms with Gasteiger partial charge in [-0.1, -0.05) is 6.07 Å². The summed E-state index contributed by atoms with van der Waals surface area (Å²) in [5, 5.41) is 0. The summed E-state index contributed by atoms with van der Waals surface area (Å²) in [6, 6.07) is 2.48.